The molecule has 3 aromatic rings. The van der Waals surface area contributed by atoms with Crippen LogP contribution in [-0.2, 0) is 4.79 Å². The summed E-state index contributed by atoms with van der Waals surface area (Å²) in [5, 5.41) is 10.6. The van der Waals surface area contributed by atoms with Crippen molar-refractivity contribution >= 4 is 17.7 Å². The predicted octanol–water partition coefficient (Wildman–Crippen LogP) is 3.44. The van der Waals surface area contributed by atoms with Gasteiger partial charge in [-0.2, -0.15) is 0 Å². The second-order valence-electron chi connectivity index (χ2n) is 5.32. The first-order valence-corrected chi connectivity index (χ1v) is 8.66. The molecule has 0 spiro atoms. The van der Waals surface area contributed by atoms with Crippen LogP contribution in [-0.4, -0.2) is 26.8 Å². The fourth-order valence-electron chi connectivity index (χ4n) is 2.27. The maximum atomic E-state index is 12.1. The molecule has 1 amide bonds. The highest BCUT2D eigenvalue weighted by Gasteiger charge is 2.12. The highest BCUT2D eigenvalue weighted by molar-refractivity contribution is 7.99. The normalized spacial score (nSPS) is 11.9. The molecule has 0 saturated carbocycles. The van der Waals surface area contributed by atoms with Crippen LogP contribution in [0.5, 0.6) is 0 Å². The van der Waals surface area contributed by atoms with E-state index in [0.717, 1.165) is 11.1 Å². The molecule has 24 heavy (non-hydrogen) atoms. The van der Waals surface area contributed by atoms with Gasteiger partial charge in [-0.1, -0.05) is 72.4 Å². The molecule has 0 unspecified atom stereocenters. The smallest absolute Gasteiger partial charge is 0.230 e. The van der Waals surface area contributed by atoms with E-state index >= 15 is 0 Å². The molecule has 6 heteroatoms. The third kappa shape index (κ3) is 4.23. The fourth-order valence-corrected chi connectivity index (χ4v) is 2.88. The molecule has 0 aliphatic heterocycles. The Morgan fingerprint density at radius 1 is 1.12 bits per heavy atom. The average molecular weight is 338 g/mol. The summed E-state index contributed by atoms with van der Waals surface area (Å²) in [6.07, 6.45) is 0. The highest BCUT2D eigenvalue weighted by Crippen LogP contribution is 2.19. The number of aromatic amines is 1. The Kier molecular flexibility index (Phi) is 5.28. The number of nitrogens with zero attached hydrogens (tertiary/aromatic N) is 2. The highest BCUT2D eigenvalue weighted by atomic mass is 32.2. The van der Waals surface area contributed by atoms with Crippen molar-refractivity contribution in [3.8, 4) is 11.4 Å². The number of benzene rings is 2. The number of nitrogens with one attached hydrogen (secondary N) is 2. The maximum absolute atomic E-state index is 12.1. The first-order valence-electron chi connectivity index (χ1n) is 7.67. The Hall–Kier alpha value is -2.60. The summed E-state index contributed by atoms with van der Waals surface area (Å²) < 4.78 is 0. The zero-order chi connectivity index (χ0) is 16.8. The molecule has 122 valence electrons. The number of rotatable bonds is 6. The van der Waals surface area contributed by atoms with Gasteiger partial charge in [0.2, 0.25) is 11.1 Å². The van der Waals surface area contributed by atoms with Crippen LogP contribution < -0.4 is 5.32 Å². The molecule has 0 radical (unpaired) electrons. The average Bonchev–Trinajstić information content (AvgIpc) is 3.10. The monoisotopic (exact) mass is 338 g/mol. The van der Waals surface area contributed by atoms with Crippen LogP contribution in [0.4, 0.5) is 0 Å². The van der Waals surface area contributed by atoms with Gasteiger partial charge in [-0.05, 0) is 12.5 Å². The van der Waals surface area contributed by atoms with Gasteiger partial charge in [0.05, 0.1) is 11.8 Å². The lowest BCUT2D eigenvalue weighted by atomic mass is 10.1. The number of amides is 1. The third-order valence-corrected chi connectivity index (χ3v) is 4.37. The van der Waals surface area contributed by atoms with Gasteiger partial charge in [0.15, 0.2) is 5.82 Å². The van der Waals surface area contributed by atoms with Gasteiger partial charge in [0.25, 0.3) is 0 Å². The summed E-state index contributed by atoms with van der Waals surface area (Å²) >= 11 is 1.32. The molecule has 2 N–H and O–H groups in total. The SMILES string of the molecule is C[C@@H](NC(=O)CSc1n[nH]c(-c2ccccc2)n1)c1ccccc1. The fraction of sp³-hybridized carbons (Fsp3) is 0.167. The van der Waals surface area contributed by atoms with Crippen molar-refractivity contribution in [1.82, 2.24) is 20.5 Å². The zero-order valence-electron chi connectivity index (χ0n) is 13.3. The lowest BCUT2D eigenvalue weighted by molar-refractivity contribution is -0.119. The van der Waals surface area contributed by atoms with Crippen LogP contribution in [0.1, 0.15) is 18.5 Å². The summed E-state index contributed by atoms with van der Waals surface area (Å²) in [7, 11) is 0. The van der Waals surface area contributed by atoms with Gasteiger partial charge in [0, 0.05) is 5.56 Å². The van der Waals surface area contributed by atoms with Crippen LogP contribution >= 0.6 is 11.8 Å². The largest absolute Gasteiger partial charge is 0.349 e. The van der Waals surface area contributed by atoms with Crippen LogP contribution in [0, 0.1) is 0 Å². The lowest BCUT2D eigenvalue weighted by Crippen LogP contribution is -2.28. The predicted molar refractivity (Wildman–Crippen MR) is 95.5 cm³/mol. The molecule has 2 aromatic carbocycles. The molecule has 1 atom stereocenters. The van der Waals surface area contributed by atoms with E-state index in [0.29, 0.717) is 11.0 Å². The number of carbonyl (C=O) groups excluding carboxylic acids is 1. The van der Waals surface area contributed by atoms with E-state index in [1.165, 1.54) is 11.8 Å². The number of carbonyl (C=O) groups is 1. The Balaban J connectivity index is 1.53. The summed E-state index contributed by atoms with van der Waals surface area (Å²) in [5.74, 6) is 0.946. The van der Waals surface area contributed by atoms with Crippen LogP contribution in [0.2, 0.25) is 0 Å². The van der Waals surface area contributed by atoms with Gasteiger partial charge in [0.1, 0.15) is 0 Å². The minimum atomic E-state index is -0.0394. The van der Waals surface area contributed by atoms with Crippen molar-refractivity contribution in [1.29, 1.82) is 0 Å². The van der Waals surface area contributed by atoms with Crippen molar-refractivity contribution in [2.24, 2.45) is 0 Å². The van der Waals surface area contributed by atoms with E-state index in [9.17, 15) is 4.79 Å². The van der Waals surface area contributed by atoms with E-state index in [1.807, 2.05) is 67.6 Å². The molecular formula is C18H18N4OS. The summed E-state index contributed by atoms with van der Waals surface area (Å²) in [5.41, 5.74) is 2.05. The van der Waals surface area contributed by atoms with Gasteiger partial charge >= 0.3 is 0 Å². The lowest BCUT2D eigenvalue weighted by Gasteiger charge is -2.13. The van der Waals surface area contributed by atoms with Crippen molar-refractivity contribution < 1.29 is 4.79 Å². The van der Waals surface area contributed by atoms with Crippen LogP contribution in [0.3, 0.4) is 0 Å². The van der Waals surface area contributed by atoms with Gasteiger partial charge in [-0.25, -0.2) is 4.98 Å². The Morgan fingerprint density at radius 3 is 2.50 bits per heavy atom. The quantitative estimate of drug-likeness (QED) is 0.676. The molecule has 0 fully saturated rings. The standard InChI is InChI=1S/C18H18N4OS/c1-13(14-8-4-2-5-9-14)19-16(23)12-24-18-20-17(21-22-18)15-10-6-3-7-11-15/h2-11,13H,12H2,1H3,(H,19,23)(H,20,21,22)/t13-/m1/s1. The van der Waals surface area contributed by atoms with E-state index in [4.69, 9.17) is 0 Å². The van der Waals surface area contributed by atoms with E-state index in [1.54, 1.807) is 0 Å². The third-order valence-electron chi connectivity index (χ3n) is 3.52. The topological polar surface area (TPSA) is 70.7 Å². The van der Waals surface area contributed by atoms with E-state index in [-0.39, 0.29) is 17.7 Å². The molecule has 1 heterocycles. The van der Waals surface area contributed by atoms with Crippen LogP contribution in [0.15, 0.2) is 65.8 Å². The minimum Gasteiger partial charge on any atom is -0.349 e. The van der Waals surface area contributed by atoms with Gasteiger partial charge < -0.3 is 5.32 Å². The zero-order valence-corrected chi connectivity index (χ0v) is 14.1. The first kappa shape index (κ1) is 16.3. The Bertz CT molecular complexity index is 789. The molecule has 5 nitrogen and oxygen atoms in total. The van der Waals surface area contributed by atoms with E-state index < -0.39 is 0 Å². The number of hydrogen-bond donors (Lipinski definition) is 2. The summed E-state index contributed by atoms with van der Waals surface area (Å²) in [4.78, 5) is 16.5. The number of aromatic nitrogens is 3. The minimum absolute atomic E-state index is 0.0219. The molecular weight excluding hydrogens is 320 g/mol. The Labute approximate surface area is 144 Å². The second kappa shape index (κ2) is 7.79. The molecule has 0 aliphatic carbocycles. The van der Waals surface area contributed by atoms with Crippen molar-refractivity contribution in [2.75, 3.05) is 5.75 Å². The van der Waals surface area contributed by atoms with Crippen LogP contribution in [0.25, 0.3) is 11.4 Å². The van der Waals surface area contributed by atoms with Crippen molar-refractivity contribution in [2.45, 2.75) is 18.1 Å². The molecule has 0 bridgehead atoms. The molecule has 1 aromatic heterocycles. The Morgan fingerprint density at radius 2 is 1.79 bits per heavy atom. The summed E-state index contributed by atoms with van der Waals surface area (Å²) in [6, 6.07) is 19.6. The second-order valence-corrected chi connectivity index (χ2v) is 6.26. The molecule has 0 aliphatic rings. The first-order chi connectivity index (χ1) is 11.7. The van der Waals surface area contributed by atoms with Crippen molar-refractivity contribution in [3.63, 3.8) is 0 Å². The van der Waals surface area contributed by atoms with Crippen molar-refractivity contribution in [3.05, 3.63) is 66.2 Å². The number of hydrogen-bond acceptors (Lipinski definition) is 4. The molecule has 3 rings (SSSR count). The van der Waals surface area contributed by atoms with E-state index in [2.05, 4.69) is 20.5 Å². The number of H-pyrrole nitrogens is 1. The maximum Gasteiger partial charge on any atom is 0.230 e. The van der Waals surface area contributed by atoms with Gasteiger partial charge in [-0.3, -0.25) is 9.89 Å². The number of thioether (sulfide) groups is 1. The summed E-state index contributed by atoms with van der Waals surface area (Å²) in [6.45, 7) is 1.97. The van der Waals surface area contributed by atoms with Gasteiger partial charge in [-0.15, -0.1) is 5.10 Å². The molecule has 0 saturated heterocycles.